The van der Waals surface area contributed by atoms with Gasteiger partial charge in [-0.3, -0.25) is 0 Å². The highest BCUT2D eigenvalue weighted by molar-refractivity contribution is 7.89. The van der Waals surface area contributed by atoms with E-state index < -0.39 is 10.0 Å². The Bertz CT molecular complexity index is 1070. The molecule has 0 unspecified atom stereocenters. The number of ether oxygens (including phenoxy) is 1. The molecule has 8 nitrogen and oxygen atoms in total. The third-order valence-electron chi connectivity index (χ3n) is 5.10. The lowest BCUT2D eigenvalue weighted by atomic mass is 10.1. The number of likely N-dealkylation sites (N-methyl/N-ethyl adjacent to an activating group) is 1. The van der Waals surface area contributed by atoms with Crippen molar-refractivity contribution < 1.29 is 13.2 Å². The van der Waals surface area contributed by atoms with Crippen molar-refractivity contribution in [2.45, 2.75) is 11.9 Å². The molecule has 1 aliphatic rings. The van der Waals surface area contributed by atoms with Gasteiger partial charge in [0.15, 0.2) is 10.7 Å². The molecule has 1 aromatic carbocycles. The zero-order valence-corrected chi connectivity index (χ0v) is 16.8. The van der Waals surface area contributed by atoms with Crippen molar-refractivity contribution in [3.63, 3.8) is 0 Å². The lowest BCUT2D eigenvalue weighted by Gasteiger charge is -2.32. The maximum absolute atomic E-state index is 13.2. The summed E-state index contributed by atoms with van der Waals surface area (Å²) in [7, 11) is -2.05. The Morgan fingerprint density at radius 2 is 1.75 bits per heavy atom. The SMILES string of the molecule is CCN1CCN(S(=O)(=O)c2cnc3ccc(-c4ccc(OC)cc4)nn23)CC1. The summed E-state index contributed by atoms with van der Waals surface area (Å²) in [5.74, 6) is 0.752. The van der Waals surface area contributed by atoms with E-state index in [9.17, 15) is 8.42 Å². The number of sulfonamides is 1. The van der Waals surface area contributed by atoms with Crippen LogP contribution in [0.15, 0.2) is 47.6 Å². The number of methoxy groups -OCH3 is 1. The summed E-state index contributed by atoms with van der Waals surface area (Å²) < 4.78 is 34.5. The van der Waals surface area contributed by atoms with Gasteiger partial charge in [0.2, 0.25) is 0 Å². The summed E-state index contributed by atoms with van der Waals surface area (Å²) in [6, 6.07) is 11.1. The number of piperazine rings is 1. The second-order valence-corrected chi connectivity index (χ2v) is 8.54. The molecule has 2 aromatic heterocycles. The predicted molar refractivity (Wildman–Crippen MR) is 106 cm³/mol. The minimum absolute atomic E-state index is 0.0998. The maximum atomic E-state index is 13.2. The monoisotopic (exact) mass is 401 g/mol. The Hall–Kier alpha value is -2.49. The quantitative estimate of drug-likeness (QED) is 0.648. The Labute approximate surface area is 164 Å². The van der Waals surface area contributed by atoms with Crippen LogP contribution >= 0.6 is 0 Å². The van der Waals surface area contributed by atoms with Gasteiger partial charge in [0.25, 0.3) is 10.0 Å². The van der Waals surface area contributed by atoms with Crippen molar-refractivity contribution in [3.8, 4) is 17.0 Å². The van der Waals surface area contributed by atoms with Crippen molar-refractivity contribution in [3.05, 3.63) is 42.6 Å². The molecule has 3 aromatic rings. The van der Waals surface area contributed by atoms with E-state index in [0.29, 0.717) is 24.4 Å². The first-order valence-electron chi connectivity index (χ1n) is 9.24. The van der Waals surface area contributed by atoms with Gasteiger partial charge in [-0.05, 0) is 42.9 Å². The summed E-state index contributed by atoms with van der Waals surface area (Å²) in [6.45, 7) is 5.42. The van der Waals surface area contributed by atoms with Crippen molar-refractivity contribution >= 4 is 15.7 Å². The summed E-state index contributed by atoms with van der Waals surface area (Å²) in [6.07, 6.45) is 1.39. The van der Waals surface area contributed by atoms with Crippen LogP contribution in [-0.2, 0) is 10.0 Å². The van der Waals surface area contributed by atoms with Crippen LogP contribution in [-0.4, -0.2) is 72.1 Å². The van der Waals surface area contributed by atoms with Gasteiger partial charge in [0.05, 0.1) is 19.0 Å². The molecule has 0 saturated carbocycles. The molecule has 28 heavy (non-hydrogen) atoms. The summed E-state index contributed by atoms with van der Waals surface area (Å²) in [5, 5.41) is 4.65. The van der Waals surface area contributed by atoms with Crippen LogP contribution in [0.2, 0.25) is 0 Å². The van der Waals surface area contributed by atoms with Gasteiger partial charge in [-0.2, -0.15) is 9.40 Å². The van der Waals surface area contributed by atoms with Crippen molar-refractivity contribution in [2.75, 3.05) is 39.8 Å². The molecule has 148 valence electrons. The highest BCUT2D eigenvalue weighted by atomic mass is 32.2. The van der Waals surface area contributed by atoms with Gasteiger partial charge in [-0.1, -0.05) is 6.92 Å². The topological polar surface area (TPSA) is 80.0 Å². The van der Waals surface area contributed by atoms with Crippen molar-refractivity contribution in [2.24, 2.45) is 0 Å². The fourth-order valence-electron chi connectivity index (χ4n) is 3.36. The third-order valence-corrected chi connectivity index (χ3v) is 6.95. The molecule has 9 heteroatoms. The van der Waals surface area contributed by atoms with Crippen molar-refractivity contribution in [1.29, 1.82) is 0 Å². The van der Waals surface area contributed by atoms with E-state index in [4.69, 9.17) is 4.74 Å². The number of fused-ring (bicyclic) bond motifs is 1. The van der Waals surface area contributed by atoms with E-state index in [1.165, 1.54) is 15.0 Å². The summed E-state index contributed by atoms with van der Waals surface area (Å²) in [5.41, 5.74) is 2.04. The first kappa shape index (κ1) is 18.9. The van der Waals surface area contributed by atoms with E-state index in [0.717, 1.165) is 30.9 Å². The van der Waals surface area contributed by atoms with Gasteiger partial charge in [0.1, 0.15) is 5.75 Å². The van der Waals surface area contributed by atoms with E-state index >= 15 is 0 Å². The molecule has 0 aliphatic carbocycles. The summed E-state index contributed by atoms with van der Waals surface area (Å²) in [4.78, 5) is 6.47. The molecule has 1 saturated heterocycles. The predicted octanol–water partition coefficient (Wildman–Crippen LogP) is 1.73. The molecule has 3 heterocycles. The highest BCUT2D eigenvalue weighted by Gasteiger charge is 2.31. The minimum Gasteiger partial charge on any atom is -0.497 e. The number of benzene rings is 1. The Balaban J connectivity index is 1.69. The number of imidazole rings is 1. The number of hydrogen-bond donors (Lipinski definition) is 0. The normalized spacial score (nSPS) is 16.5. The van der Waals surface area contributed by atoms with Crippen LogP contribution in [0, 0.1) is 0 Å². The van der Waals surface area contributed by atoms with Crippen LogP contribution < -0.4 is 4.74 Å². The second kappa shape index (κ2) is 7.50. The van der Waals surface area contributed by atoms with Crippen molar-refractivity contribution in [1.82, 2.24) is 23.8 Å². The van der Waals surface area contributed by atoms with Gasteiger partial charge in [-0.25, -0.2) is 17.9 Å². The molecule has 0 N–H and O–H groups in total. The Morgan fingerprint density at radius 1 is 1.04 bits per heavy atom. The zero-order valence-electron chi connectivity index (χ0n) is 15.9. The number of nitrogens with zero attached hydrogens (tertiary/aromatic N) is 5. The first-order chi connectivity index (χ1) is 13.5. The molecule has 1 fully saturated rings. The summed E-state index contributed by atoms with van der Waals surface area (Å²) >= 11 is 0. The molecule has 0 radical (unpaired) electrons. The fourth-order valence-corrected chi connectivity index (χ4v) is 4.81. The van der Waals surface area contributed by atoms with Gasteiger partial charge >= 0.3 is 0 Å². The van der Waals surface area contributed by atoms with E-state index in [1.807, 2.05) is 30.3 Å². The first-order valence-corrected chi connectivity index (χ1v) is 10.7. The van der Waals surface area contributed by atoms with E-state index in [2.05, 4.69) is 21.9 Å². The lowest BCUT2D eigenvalue weighted by Crippen LogP contribution is -2.48. The number of rotatable bonds is 5. The average molecular weight is 401 g/mol. The molecular formula is C19H23N5O3S. The Morgan fingerprint density at radius 3 is 2.39 bits per heavy atom. The average Bonchev–Trinajstić information content (AvgIpc) is 3.18. The molecule has 0 atom stereocenters. The van der Waals surface area contributed by atoms with Crippen LogP contribution in [0.25, 0.3) is 16.9 Å². The largest absolute Gasteiger partial charge is 0.497 e. The van der Waals surface area contributed by atoms with Crippen LogP contribution in [0.1, 0.15) is 6.92 Å². The fraction of sp³-hybridized carbons (Fsp3) is 0.368. The van der Waals surface area contributed by atoms with E-state index in [1.54, 1.807) is 13.2 Å². The minimum atomic E-state index is -3.66. The maximum Gasteiger partial charge on any atom is 0.262 e. The number of aromatic nitrogens is 3. The standard InChI is InChI=1S/C19H23N5O3S/c1-3-22-10-12-23(13-11-22)28(25,26)19-14-20-18-9-8-17(21-24(18)19)15-4-6-16(27-2)7-5-15/h4-9,14H,3,10-13H2,1-2H3. The third kappa shape index (κ3) is 3.36. The molecule has 0 bridgehead atoms. The smallest absolute Gasteiger partial charge is 0.262 e. The molecule has 0 spiro atoms. The van der Waals surface area contributed by atoms with Crippen LogP contribution in [0.3, 0.4) is 0 Å². The van der Waals surface area contributed by atoms with Gasteiger partial charge < -0.3 is 9.64 Å². The van der Waals surface area contributed by atoms with E-state index in [-0.39, 0.29) is 5.03 Å². The van der Waals surface area contributed by atoms with Crippen LogP contribution in [0.4, 0.5) is 0 Å². The zero-order chi connectivity index (χ0) is 19.7. The molecule has 0 amide bonds. The lowest BCUT2D eigenvalue weighted by molar-refractivity contribution is 0.196. The Kier molecular flexibility index (Phi) is 5.05. The number of hydrogen-bond acceptors (Lipinski definition) is 6. The molecule has 1 aliphatic heterocycles. The van der Waals surface area contributed by atoms with Gasteiger partial charge in [-0.15, -0.1) is 0 Å². The van der Waals surface area contributed by atoms with Crippen LogP contribution in [0.5, 0.6) is 5.75 Å². The van der Waals surface area contributed by atoms with Gasteiger partial charge in [0, 0.05) is 31.7 Å². The molecule has 4 rings (SSSR count). The highest BCUT2D eigenvalue weighted by Crippen LogP contribution is 2.23. The second-order valence-electron chi connectivity index (χ2n) is 6.65. The molecular weight excluding hydrogens is 378 g/mol.